The van der Waals surface area contributed by atoms with Crippen LogP contribution in [0, 0.1) is 22.7 Å². The lowest BCUT2D eigenvalue weighted by molar-refractivity contribution is 0.0691. The van der Waals surface area contributed by atoms with Crippen molar-refractivity contribution in [2.24, 2.45) is 22.7 Å². The summed E-state index contributed by atoms with van der Waals surface area (Å²) in [5.41, 5.74) is 4.18. The number of phenolic OH excluding ortho intramolecular Hbond substituents is 1. The minimum absolute atomic E-state index is 0.00942. The summed E-state index contributed by atoms with van der Waals surface area (Å²) in [6.45, 7) is 17.5. The molecule has 0 amide bonds. The molecule has 4 heteroatoms. The third kappa shape index (κ3) is 4.00. The van der Waals surface area contributed by atoms with Crippen LogP contribution in [0.5, 0.6) is 11.5 Å². The van der Waals surface area contributed by atoms with E-state index in [9.17, 15) is 20.1 Å². The molecule has 2 fully saturated rings. The molecular weight excluding hydrogens is 448 g/mol. The first kappa shape index (κ1) is 26.8. The van der Waals surface area contributed by atoms with Crippen molar-refractivity contribution < 1.29 is 20.1 Å². The van der Waals surface area contributed by atoms with E-state index in [0.717, 1.165) is 56.1 Å². The van der Waals surface area contributed by atoms with Gasteiger partial charge in [-0.3, -0.25) is 0 Å². The Kier molecular flexibility index (Phi) is 7.13. The Bertz CT molecular complexity index is 1090. The lowest BCUT2D eigenvalue weighted by Gasteiger charge is -2.41. The van der Waals surface area contributed by atoms with Crippen molar-refractivity contribution in [3.8, 4) is 11.5 Å². The number of phenols is 2. The fourth-order valence-corrected chi connectivity index (χ4v) is 8.09. The van der Waals surface area contributed by atoms with Gasteiger partial charge in [0, 0.05) is 17.0 Å². The minimum atomic E-state index is -1.10. The van der Waals surface area contributed by atoms with Crippen LogP contribution < -0.4 is 0 Å². The van der Waals surface area contributed by atoms with Crippen LogP contribution in [0.1, 0.15) is 132 Å². The highest BCUT2D eigenvalue weighted by Gasteiger charge is 2.62. The van der Waals surface area contributed by atoms with E-state index in [1.54, 1.807) is 0 Å². The molecule has 0 aromatic heterocycles. The number of hydrogen-bond donors (Lipinski definition) is 3. The molecule has 3 aliphatic rings. The molecule has 0 unspecified atom stereocenters. The van der Waals surface area contributed by atoms with E-state index in [2.05, 4.69) is 47.3 Å². The zero-order valence-corrected chi connectivity index (χ0v) is 23.2. The third-order valence-corrected chi connectivity index (χ3v) is 10.7. The number of hydrogen-bond acceptors (Lipinski definition) is 3. The molecule has 2 bridgehead atoms. The predicted octanol–water partition coefficient (Wildman–Crippen LogP) is 8.47. The quantitative estimate of drug-likeness (QED) is 0.250. The lowest BCUT2D eigenvalue weighted by atomic mass is 9.63. The Morgan fingerprint density at radius 3 is 2.33 bits per heavy atom. The Hall–Kier alpha value is -2.23. The van der Waals surface area contributed by atoms with Crippen molar-refractivity contribution in [2.75, 3.05) is 0 Å². The highest BCUT2D eigenvalue weighted by atomic mass is 16.4. The first-order valence-electron chi connectivity index (χ1n) is 14.0. The van der Waals surface area contributed by atoms with Crippen LogP contribution in [-0.2, 0) is 6.42 Å². The van der Waals surface area contributed by atoms with Crippen LogP contribution in [0.3, 0.4) is 0 Å². The van der Waals surface area contributed by atoms with Gasteiger partial charge in [-0.2, -0.15) is 0 Å². The molecule has 4 nitrogen and oxygen atoms in total. The van der Waals surface area contributed by atoms with Gasteiger partial charge in [0.15, 0.2) is 0 Å². The van der Waals surface area contributed by atoms with E-state index >= 15 is 0 Å². The van der Waals surface area contributed by atoms with Gasteiger partial charge in [0.1, 0.15) is 17.1 Å². The minimum Gasteiger partial charge on any atom is -0.507 e. The average molecular weight is 495 g/mol. The maximum absolute atomic E-state index is 12.8. The molecule has 0 spiro atoms. The van der Waals surface area contributed by atoms with Crippen LogP contribution in [-0.4, -0.2) is 21.3 Å². The van der Waals surface area contributed by atoms with Gasteiger partial charge >= 0.3 is 5.97 Å². The van der Waals surface area contributed by atoms with Crippen molar-refractivity contribution in [3.63, 3.8) is 0 Å². The maximum atomic E-state index is 12.8. The summed E-state index contributed by atoms with van der Waals surface area (Å²) in [4.78, 5) is 12.8. The zero-order chi connectivity index (χ0) is 26.6. The van der Waals surface area contributed by atoms with E-state index in [1.807, 2.05) is 6.92 Å². The van der Waals surface area contributed by atoms with Crippen molar-refractivity contribution in [1.82, 2.24) is 0 Å². The molecule has 198 valence electrons. The monoisotopic (exact) mass is 494 g/mol. The Morgan fingerprint density at radius 2 is 1.81 bits per heavy atom. The summed E-state index contributed by atoms with van der Waals surface area (Å²) >= 11 is 0. The van der Waals surface area contributed by atoms with Crippen LogP contribution >= 0.6 is 0 Å². The fourth-order valence-electron chi connectivity index (χ4n) is 8.09. The normalized spacial score (nSPS) is 30.9. The van der Waals surface area contributed by atoms with Gasteiger partial charge in [-0.1, -0.05) is 64.3 Å². The van der Waals surface area contributed by atoms with Gasteiger partial charge in [-0.05, 0) is 92.9 Å². The number of aromatic carboxylic acids is 1. The van der Waals surface area contributed by atoms with Crippen molar-refractivity contribution in [2.45, 2.75) is 111 Å². The van der Waals surface area contributed by atoms with Crippen molar-refractivity contribution in [3.05, 3.63) is 46.1 Å². The second-order valence-electron chi connectivity index (χ2n) is 12.8. The molecule has 3 N–H and O–H groups in total. The van der Waals surface area contributed by atoms with E-state index in [1.165, 1.54) is 12.0 Å². The van der Waals surface area contributed by atoms with E-state index in [-0.39, 0.29) is 45.6 Å². The number of rotatable bonds is 8. The highest BCUT2D eigenvalue weighted by molar-refractivity contribution is 5.95. The lowest BCUT2D eigenvalue weighted by Crippen LogP contribution is -2.32. The molecule has 5 atom stereocenters. The average Bonchev–Trinajstić information content (AvgIpc) is 3.12. The van der Waals surface area contributed by atoms with Gasteiger partial charge in [-0.15, -0.1) is 0 Å². The number of aromatic hydroxyl groups is 2. The van der Waals surface area contributed by atoms with Crippen LogP contribution in [0.15, 0.2) is 23.8 Å². The Labute approximate surface area is 217 Å². The molecule has 1 aromatic rings. The number of allylic oxidation sites excluding steroid dienone is 3. The Morgan fingerprint density at radius 1 is 1.11 bits per heavy atom. The van der Waals surface area contributed by atoms with Gasteiger partial charge < -0.3 is 15.3 Å². The maximum Gasteiger partial charge on any atom is 0.339 e. The van der Waals surface area contributed by atoms with Crippen LogP contribution in [0.4, 0.5) is 0 Å². The molecule has 36 heavy (non-hydrogen) atoms. The molecular formula is C32H46O4. The second kappa shape index (κ2) is 9.58. The molecule has 1 aromatic carbocycles. The molecule has 0 saturated heterocycles. The van der Waals surface area contributed by atoms with E-state index in [0.29, 0.717) is 23.5 Å². The molecule has 0 radical (unpaired) electrons. The van der Waals surface area contributed by atoms with Gasteiger partial charge in [0.25, 0.3) is 0 Å². The van der Waals surface area contributed by atoms with Crippen molar-refractivity contribution >= 4 is 5.97 Å². The van der Waals surface area contributed by atoms with Gasteiger partial charge in [0.2, 0.25) is 0 Å². The molecule has 0 heterocycles. The number of carboxylic acids is 1. The third-order valence-electron chi connectivity index (χ3n) is 10.7. The number of carboxylic acid groups (broad SMARTS) is 1. The van der Waals surface area contributed by atoms with Gasteiger partial charge in [0.05, 0.1) is 0 Å². The number of benzene rings is 1. The smallest absolute Gasteiger partial charge is 0.339 e. The second-order valence-corrected chi connectivity index (χ2v) is 12.8. The van der Waals surface area contributed by atoms with Gasteiger partial charge in [-0.25, -0.2) is 4.79 Å². The molecule has 3 aliphatic carbocycles. The largest absolute Gasteiger partial charge is 0.507 e. The molecule has 2 saturated carbocycles. The summed E-state index contributed by atoms with van der Waals surface area (Å²) in [5.74, 6) is -0.795. The summed E-state index contributed by atoms with van der Waals surface area (Å²) in [6.07, 6.45) is 10.6. The fraction of sp³-hybridized carbons (Fsp3) is 0.656. The highest BCUT2D eigenvalue weighted by Crippen LogP contribution is 2.72. The SMILES string of the molecule is C=C(C)[C@@H]1CCC(C)=C[C@H]1c1c(O)c(C(=O)O)c(CCCCC)c([C@H]2C[C@H]3CC[C@]2(C)C3(C)C)c1O. The predicted molar refractivity (Wildman–Crippen MR) is 146 cm³/mol. The summed E-state index contributed by atoms with van der Waals surface area (Å²) < 4.78 is 0. The number of unbranched alkanes of at least 4 members (excludes halogenated alkanes) is 2. The first-order valence-corrected chi connectivity index (χ1v) is 14.0. The topological polar surface area (TPSA) is 77.8 Å². The summed E-state index contributed by atoms with van der Waals surface area (Å²) in [6, 6.07) is 0. The number of carbonyl (C=O) groups is 1. The molecule has 0 aliphatic heterocycles. The first-order chi connectivity index (χ1) is 16.9. The standard InChI is InChI=1S/C32H46O4/c1-8-9-10-11-22-25(24-17-20-14-15-32(24,7)31(20,5)6)28(33)26(29(34)27(22)30(35)36)23-16-19(4)12-13-21(23)18(2)3/h16,20-21,23-24,33-34H,2,8-15,17H2,1,3-7H3,(H,35,36)/t20-,21+,23-,24-,32+/m1/s1. The van der Waals surface area contributed by atoms with E-state index < -0.39 is 5.97 Å². The zero-order valence-electron chi connectivity index (χ0n) is 23.2. The van der Waals surface area contributed by atoms with E-state index in [4.69, 9.17) is 0 Å². The van der Waals surface area contributed by atoms with Crippen molar-refractivity contribution in [1.29, 1.82) is 0 Å². The summed E-state index contributed by atoms with van der Waals surface area (Å²) in [5, 5.41) is 34.1. The summed E-state index contributed by atoms with van der Waals surface area (Å²) in [7, 11) is 0. The van der Waals surface area contributed by atoms with Crippen LogP contribution in [0.2, 0.25) is 0 Å². The van der Waals surface area contributed by atoms with Crippen LogP contribution in [0.25, 0.3) is 0 Å². The Balaban J connectivity index is 2.02. The number of fused-ring (bicyclic) bond motifs is 2. The molecule has 4 rings (SSSR count).